The number of carbonyl (C=O) groups is 1. The van der Waals surface area contributed by atoms with Crippen LogP contribution in [0.2, 0.25) is 0 Å². The SMILES string of the molecule is CCOCCn1cc(-c2ccc(-n3nnc4cnc(N[C@@H]5CC[C@@H](C(N)=O)C5)nc43)nc2)cn1. The van der Waals surface area contributed by atoms with Gasteiger partial charge in [-0.25, -0.2) is 9.97 Å². The molecule has 34 heavy (non-hydrogen) atoms. The zero-order chi connectivity index (χ0) is 23.5. The van der Waals surface area contributed by atoms with Gasteiger partial charge in [0.15, 0.2) is 17.0 Å². The summed E-state index contributed by atoms with van der Waals surface area (Å²) in [5.41, 5.74) is 8.46. The number of nitrogens with two attached hydrogens (primary N) is 1. The molecule has 2 atom stereocenters. The summed E-state index contributed by atoms with van der Waals surface area (Å²) in [6.45, 7) is 3.98. The molecule has 1 fully saturated rings. The maximum Gasteiger partial charge on any atom is 0.225 e. The molecule has 1 aliphatic carbocycles. The molecule has 0 aliphatic heterocycles. The fraction of sp³-hybridized carbons (Fsp3) is 0.409. The molecule has 4 aromatic rings. The van der Waals surface area contributed by atoms with Gasteiger partial charge >= 0.3 is 0 Å². The van der Waals surface area contributed by atoms with Crippen molar-refractivity contribution in [1.82, 2.24) is 39.7 Å². The van der Waals surface area contributed by atoms with Crippen molar-refractivity contribution < 1.29 is 9.53 Å². The van der Waals surface area contributed by atoms with Crippen molar-refractivity contribution in [2.45, 2.75) is 38.8 Å². The van der Waals surface area contributed by atoms with Crippen LogP contribution in [-0.2, 0) is 16.1 Å². The smallest absolute Gasteiger partial charge is 0.225 e. The summed E-state index contributed by atoms with van der Waals surface area (Å²) in [5.74, 6) is 0.694. The largest absolute Gasteiger partial charge is 0.380 e. The summed E-state index contributed by atoms with van der Waals surface area (Å²) < 4.78 is 8.82. The first kappa shape index (κ1) is 21.9. The summed E-state index contributed by atoms with van der Waals surface area (Å²) in [6.07, 6.45) is 9.48. The fourth-order valence-electron chi connectivity index (χ4n) is 4.13. The van der Waals surface area contributed by atoms with Crippen LogP contribution in [0.5, 0.6) is 0 Å². The van der Waals surface area contributed by atoms with Gasteiger partial charge in [0.05, 0.1) is 25.5 Å². The third kappa shape index (κ3) is 4.57. The molecule has 0 aromatic carbocycles. The van der Waals surface area contributed by atoms with E-state index in [1.54, 1.807) is 17.1 Å². The third-order valence-electron chi connectivity index (χ3n) is 5.96. The number of rotatable bonds is 9. The zero-order valence-electron chi connectivity index (χ0n) is 18.8. The lowest BCUT2D eigenvalue weighted by Crippen LogP contribution is -2.23. The maximum absolute atomic E-state index is 11.4. The van der Waals surface area contributed by atoms with Gasteiger partial charge in [-0.1, -0.05) is 5.21 Å². The van der Waals surface area contributed by atoms with E-state index in [1.165, 1.54) is 0 Å². The molecule has 176 valence electrons. The quantitative estimate of drug-likeness (QED) is 0.353. The van der Waals surface area contributed by atoms with Crippen LogP contribution in [0.25, 0.3) is 28.1 Å². The van der Waals surface area contributed by atoms with E-state index in [1.807, 2.05) is 36.1 Å². The Labute approximate surface area is 195 Å². The van der Waals surface area contributed by atoms with E-state index in [-0.39, 0.29) is 17.9 Å². The maximum atomic E-state index is 11.4. The first-order valence-electron chi connectivity index (χ1n) is 11.3. The Hall–Kier alpha value is -3.93. The van der Waals surface area contributed by atoms with Crippen LogP contribution in [0.1, 0.15) is 26.2 Å². The number of carbonyl (C=O) groups excluding carboxylic acids is 1. The molecular formula is C22H26N10O2. The minimum atomic E-state index is -0.254. The van der Waals surface area contributed by atoms with E-state index in [9.17, 15) is 4.79 Å². The number of pyridine rings is 1. The van der Waals surface area contributed by atoms with E-state index in [0.717, 1.165) is 24.0 Å². The summed E-state index contributed by atoms with van der Waals surface area (Å²) in [4.78, 5) is 24.9. The second-order valence-electron chi connectivity index (χ2n) is 8.25. The average molecular weight is 463 g/mol. The number of aromatic nitrogens is 8. The highest BCUT2D eigenvalue weighted by atomic mass is 16.5. The molecule has 12 nitrogen and oxygen atoms in total. The molecule has 0 bridgehead atoms. The number of fused-ring (bicyclic) bond motifs is 1. The van der Waals surface area contributed by atoms with Gasteiger partial charge < -0.3 is 15.8 Å². The molecule has 1 amide bonds. The molecule has 12 heteroatoms. The predicted molar refractivity (Wildman–Crippen MR) is 124 cm³/mol. The molecule has 0 saturated heterocycles. The van der Waals surface area contributed by atoms with Gasteiger partial charge in [-0.05, 0) is 38.3 Å². The second-order valence-corrected chi connectivity index (χ2v) is 8.25. The highest BCUT2D eigenvalue weighted by molar-refractivity contribution is 5.77. The van der Waals surface area contributed by atoms with E-state index in [2.05, 4.69) is 35.7 Å². The van der Waals surface area contributed by atoms with Gasteiger partial charge in [0.25, 0.3) is 0 Å². The average Bonchev–Trinajstić information content (AvgIpc) is 3.59. The van der Waals surface area contributed by atoms with Crippen molar-refractivity contribution in [3.05, 3.63) is 36.9 Å². The van der Waals surface area contributed by atoms with Gasteiger partial charge in [0.1, 0.15) is 0 Å². The number of nitrogens with zero attached hydrogens (tertiary/aromatic N) is 8. The van der Waals surface area contributed by atoms with Crippen LogP contribution < -0.4 is 11.1 Å². The zero-order valence-corrected chi connectivity index (χ0v) is 18.8. The Morgan fingerprint density at radius 3 is 2.88 bits per heavy atom. The van der Waals surface area contributed by atoms with Gasteiger partial charge in [0.2, 0.25) is 11.9 Å². The van der Waals surface area contributed by atoms with Crippen LogP contribution in [-0.4, -0.2) is 64.9 Å². The van der Waals surface area contributed by atoms with Gasteiger partial charge in [0, 0.05) is 42.1 Å². The molecule has 0 spiro atoms. The van der Waals surface area contributed by atoms with Gasteiger partial charge in [-0.2, -0.15) is 14.8 Å². The van der Waals surface area contributed by atoms with E-state index < -0.39 is 0 Å². The second kappa shape index (κ2) is 9.51. The predicted octanol–water partition coefficient (Wildman–Crippen LogP) is 1.57. The van der Waals surface area contributed by atoms with Gasteiger partial charge in [-0.3, -0.25) is 9.48 Å². The molecule has 1 saturated carbocycles. The monoisotopic (exact) mass is 462 g/mol. The fourth-order valence-corrected chi connectivity index (χ4v) is 4.13. The number of hydrogen-bond donors (Lipinski definition) is 2. The molecular weight excluding hydrogens is 436 g/mol. The van der Waals surface area contributed by atoms with Crippen LogP contribution in [0.3, 0.4) is 0 Å². The van der Waals surface area contributed by atoms with E-state index in [4.69, 9.17) is 10.5 Å². The summed E-state index contributed by atoms with van der Waals surface area (Å²) >= 11 is 0. The first-order valence-corrected chi connectivity index (χ1v) is 11.3. The summed E-state index contributed by atoms with van der Waals surface area (Å²) in [6, 6.07) is 3.93. The number of primary amides is 1. The number of amides is 1. The molecule has 0 radical (unpaired) electrons. The molecule has 4 heterocycles. The molecule has 4 aromatic heterocycles. The highest BCUT2D eigenvalue weighted by Crippen LogP contribution is 2.27. The molecule has 0 unspecified atom stereocenters. The van der Waals surface area contributed by atoms with Crippen molar-refractivity contribution >= 4 is 23.0 Å². The van der Waals surface area contributed by atoms with Crippen molar-refractivity contribution in [2.24, 2.45) is 11.7 Å². The standard InChI is InChI=1S/C22H26N10O2/c1-2-34-8-7-31-13-16(11-26-31)15-4-6-19(24-10-15)32-21-18(29-30-32)12-25-22(28-21)27-17-5-3-14(9-17)20(23)33/h4,6,10-14,17H,2-3,5,7-9H2,1H3,(H2,23,33)(H,25,27,28)/t14-,17-/m1/s1. The van der Waals surface area contributed by atoms with Crippen LogP contribution >= 0.6 is 0 Å². The number of hydrogen-bond acceptors (Lipinski definition) is 9. The summed E-state index contributed by atoms with van der Waals surface area (Å²) in [7, 11) is 0. The molecule has 3 N–H and O–H groups in total. The Balaban J connectivity index is 1.32. The molecule has 1 aliphatic rings. The minimum absolute atomic E-state index is 0.103. The first-order chi connectivity index (χ1) is 16.6. The topological polar surface area (TPSA) is 152 Å². The Bertz CT molecular complexity index is 1280. The van der Waals surface area contributed by atoms with Crippen molar-refractivity contribution in [1.29, 1.82) is 0 Å². The van der Waals surface area contributed by atoms with Crippen LogP contribution in [0, 0.1) is 5.92 Å². The van der Waals surface area contributed by atoms with Crippen molar-refractivity contribution in [3.8, 4) is 16.9 Å². The Morgan fingerprint density at radius 2 is 2.12 bits per heavy atom. The highest BCUT2D eigenvalue weighted by Gasteiger charge is 2.29. The summed E-state index contributed by atoms with van der Waals surface area (Å²) in [5, 5.41) is 16.0. The Kier molecular flexibility index (Phi) is 6.12. The normalized spacial score (nSPS) is 17.9. The van der Waals surface area contributed by atoms with Crippen LogP contribution in [0.4, 0.5) is 5.95 Å². The van der Waals surface area contributed by atoms with E-state index in [0.29, 0.717) is 49.1 Å². The molecule has 5 rings (SSSR count). The van der Waals surface area contributed by atoms with E-state index >= 15 is 0 Å². The lowest BCUT2D eigenvalue weighted by Gasteiger charge is -2.12. The number of anilines is 1. The van der Waals surface area contributed by atoms with Gasteiger partial charge in [-0.15, -0.1) is 5.10 Å². The minimum Gasteiger partial charge on any atom is -0.380 e. The Morgan fingerprint density at radius 1 is 1.21 bits per heavy atom. The third-order valence-corrected chi connectivity index (χ3v) is 5.96. The number of nitrogens with one attached hydrogen (secondary N) is 1. The van der Waals surface area contributed by atoms with Crippen molar-refractivity contribution in [3.63, 3.8) is 0 Å². The lowest BCUT2D eigenvalue weighted by atomic mass is 10.1. The number of ether oxygens (including phenoxy) is 1. The lowest BCUT2D eigenvalue weighted by molar-refractivity contribution is -0.121. The van der Waals surface area contributed by atoms with Crippen LogP contribution in [0.15, 0.2) is 36.9 Å². The van der Waals surface area contributed by atoms with Crippen molar-refractivity contribution in [2.75, 3.05) is 18.5 Å².